The zero-order valence-corrected chi connectivity index (χ0v) is 11.4. The number of nitrogens with zero attached hydrogens (tertiary/aromatic N) is 1. The van der Waals surface area contributed by atoms with Crippen molar-refractivity contribution in [2.24, 2.45) is 0 Å². The number of pyridine rings is 1. The molecule has 3 aromatic rings. The van der Waals surface area contributed by atoms with Crippen molar-refractivity contribution in [3.63, 3.8) is 0 Å². The highest BCUT2D eigenvalue weighted by atomic mass is 35.5. The van der Waals surface area contributed by atoms with Gasteiger partial charge in [-0.25, -0.2) is 4.39 Å². The third-order valence-corrected chi connectivity index (χ3v) is 3.48. The summed E-state index contributed by atoms with van der Waals surface area (Å²) < 4.78 is 13.8. The van der Waals surface area contributed by atoms with Gasteiger partial charge in [0.05, 0.1) is 10.7 Å². The van der Waals surface area contributed by atoms with Crippen LogP contribution < -0.4 is 5.32 Å². The van der Waals surface area contributed by atoms with Gasteiger partial charge in [-0.1, -0.05) is 35.9 Å². The molecule has 0 unspecified atom stereocenters. The van der Waals surface area contributed by atoms with Gasteiger partial charge in [0.2, 0.25) is 0 Å². The standard InChI is InChI=1S/C16H12ClFN2/c17-14-5-2-6-15(16(14)18)20-10-12-4-1-3-11-9-19-8-7-13(11)12/h1-9,20H,10H2. The minimum atomic E-state index is -0.420. The van der Waals surface area contributed by atoms with Crippen LogP contribution in [0.1, 0.15) is 5.56 Å². The van der Waals surface area contributed by atoms with Gasteiger partial charge in [0.15, 0.2) is 5.82 Å². The second-order valence-corrected chi connectivity index (χ2v) is 4.88. The Balaban J connectivity index is 1.89. The van der Waals surface area contributed by atoms with E-state index >= 15 is 0 Å². The third kappa shape index (κ3) is 2.45. The first-order valence-electron chi connectivity index (χ1n) is 6.25. The lowest BCUT2D eigenvalue weighted by Gasteiger charge is -2.10. The monoisotopic (exact) mass is 286 g/mol. The fourth-order valence-corrected chi connectivity index (χ4v) is 2.35. The molecule has 0 aliphatic rings. The molecule has 0 bridgehead atoms. The molecule has 1 aromatic heterocycles. The number of nitrogens with one attached hydrogen (secondary N) is 1. The quantitative estimate of drug-likeness (QED) is 0.759. The maximum atomic E-state index is 13.8. The molecule has 4 heteroatoms. The largest absolute Gasteiger partial charge is 0.379 e. The van der Waals surface area contributed by atoms with Crippen LogP contribution in [0.5, 0.6) is 0 Å². The summed E-state index contributed by atoms with van der Waals surface area (Å²) in [5, 5.41) is 5.38. The van der Waals surface area contributed by atoms with Crippen LogP contribution >= 0.6 is 11.6 Å². The molecule has 0 amide bonds. The number of benzene rings is 2. The van der Waals surface area contributed by atoms with Gasteiger partial charge in [-0.2, -0.15) is 0 Å². The highest BCUT2D eigenvalue weighted by molar-refractivity contribution is 6.31. The molecule has 20 heavy (non-hydrogen) atoms. The SMILES string of the molecule is Fc1c(Cl)cccc1NCc1cccc2cnccc12. The molecule has 0 atom stereocenters. The zero-order valence-electron chi connectivity index (χ0n) is 10.6. The van der Waals surface area contributed by atoms with Crippen LogP contribution in [0.4, 0.5) is 10.1 Å². The van der Waals surface area contributed by atoms with E-state index in [1.807, 2.05) is 30.5 Å². The topological polar surface area (TPSA) is 24.9 Å². The van der Waals surface area contributed by atoms with Crippen molar-refractivity contribution in [3.8, 4) is 0 Å². The molecule has 1 heterocycles. The van der Waals surface area contributed by atoms with Crippen molar-refractivity contribution in [2.75, 3.05) is 5.32 Å². The van der Waals surface area contributed by atoms with Gasteiger partial charge < -0.3 is 5.32 Å². The number of rotatable bonds is 3. The first-order chi connectivity index (χ1) is 9.75. The molecule has 0 aliphatic heterocycles. The summed E-state index contributed by atoms with van der Waals surface area (Å²) in [6.45, 7) is 0.526. The zero-order chi connectivity index (χ0) is 13.9. The van der Waals surface area contributed by atoms with E-state index < -0.39 is 5.82 Å². The molecule has 0 saturated heterocycles. The lowest BCUT2D eigenvalue weighted by atomic mass is 10.1. The summed E-state index contributed by atoms with van der Waals surface area (Å²) in [5.74, 6) is -0.420. The van der Waals surface area contributed by atoms with Crippen LogP contribution in [0.25, 0.3) is 10.8 Å². The Morgan fingerprint density at radius 2 is 1.95 bits per heavy atom. The Labute approximate surface area is 121 Å². The summed E-state index contributed by atoms with van der Waals surface area (Å²) in [7, 11) is 0. The Hall–Kier alpha value is -2.13. The van der Waals surface area contributed by atoms with E-state index in [1.165, 1.54) is 6.07 Å². The highest BCUT2D eigenvalue weighted by Gasteiger charge is 2.06. The Bertz CT molecular complexity index is 753. The second-order valence-electron chi connectivity index (χ2n) is 4.47. The van der Waals surface area contributed by atoms with Crippen molar-refractivity contribution in [1.82, 2.24) is 4.98 Å². The highest BCUT2D eigenvalue weighted by Crippen LogP contribution is 2.24. The first kappa shape index (κ1) is 12.9. The maximum absolute atomic E-state index is 13.8. The Morgan fingerprint density at radius 3 is 2.85 bits per heavy atom. The smallest absolute Gasteiger partial charge is 0.164 e. The van der Waals surface area contributed by atoms with Gasteiger partial charge in [-0.3, -0.25) is 4.98 Å². The Morgan fingerprint density at radius 1 is 1.10 bits per heavy atom. The van der Waals surface area contributed by atoms with Crippen molar-refractivity contribution in [2.45, 2.75) is 6.54 Å². The van der Waals surface area contributed by atoms with E-state index in [4.69, 9.17) is 11.6 Å². The summed E-state index contributed by atoms with van der Waals surface area (Å²) in [6, 6.07) is 12.9. The van der Waals surface area contributed by atoms with Crippen LogP contribution in [-0.4, -0.2) is 4.98 Å². The fraction of sp³-hybridized carbons (Fsp3) is 0.0625. The normalized spacial score (nSPS) is 10.7. The van der Waals surface area contributed by atoms with Crippen LogP contribution in [0.15, 0.2) is 54.9 Å². The minimum Gasteiger partial charge on any atom is -0.379 e. The fourth-order valence-electron chi connectivity index (χ4n) is 2.17. The third-order valence-electron chi connectivity index (χ3n) is 3.19. The molecule has 1 N–H and O–H groups in total. The summed E-state index contributed by atoms with van der Waals surface area (Å²) >= 11 is 5.77. The van der Waals surface area contributed by atoms with Gasteiger partial charge in [0, 0.05) is 24.3 Å². The summed E-state index contributed by atoms with van der Waals surface area (Å²) in [4.78, 5) is 4.10. The molecule has 0 saturated carbocycles. The van der Waals surface area contributed by atoms with Gasteiger partial charge in [0.1, 0.15) is 0 Å². The minimum absolute atomic E-state index is 0.122. The molecule has 0 fully saturated rings. The number of hydrogen-bond donors (Lipinski definition) is 1. The van der Waals surface area contributed by atoms with Crippen LogP contribution in [-0.2, 0) is 6.54 Å². The van der Waals surface area contributed by atoms with E-state index in [0.29, 0.717) is 12.2 Å². The van der Waals surface area contributed by atoms with E-state index in [1.54, 1.807) is 18.3 Å². The van der Waals surface area contributed by atoms with Crippen LogP contribution in [0.3, 0.4) is 0 Å². The molecular formula is C16H12ClFN2. The molecule has 2 nitrogen and oxygen atoms in total. The molecule has 0 spiro atoms. The molecule has 3 rings (SSSR count). The number of anilines is 1. The van der Waals surface area contributed by atoms with Crippen molar-refractivity contribution < 1.29 is 4.39 Å². The average Bonchev–Trinajstić information content (AvgIpc) is 2.49. The summed E-state index contributed by atoms with van der Waals surface area (Å²) in [6.07, 6.45) is 3.57. The van der Waals surface area contributed by atoms with Gasteiger partial charge in [-0.05, 0) is 29.1 Å². The number of fused-ring (bicyclic) bond motifs is 1. The van der Waals surface area contributed by atoms with Gasteiger partial charge in [-0.15, -0.1) is 0 Å². The molecule has 0 radical (unpaired) electrons. The number of halogens is 2. The maximum Gasteiger partial charge on any atom is 0.164 e. The lowest BCUT2D eigenvalue weighted by Crippen LogP contribution is -2.02. The average molecular weight is 287 g/mol. The van der Waals surface area contributed by atoms with Crippen LogP contribution in [0, 0.1) is 5.82 Å². The second kappa shape index (κ2) is 5.47. The van der Waals surface area contributed by atoms with E-state index in [0.717, 1.165) is 16.3 Å². The molecule has 0 aliphatic carbocycles. The molecule has 2 aromatic carbocycles. The lowest BCUT2D eigenvalue weighted by molar-refractivity contribution is 0.630. The summed E-state index contributed by atoms with van der Waals surface area (Å²) in [5.41, 5.74) is 1.49. The van der Waals surface area contributed by atoms with E-state index in [2.05, 4.69) is 10.3 Å². The van der Waals surface area contributed by atoms with Crippen LogP contribution in [0.2, 0.25) is 5.02 Å². The van der Waals surface area contributed by atoms with E-state index in [-0.39, 0.29) is 5.02 Å². The van der Waals surface area contributed by atoms with Gasteiger partial charge in [0.25, 0.3) is 0 Å². The first-order valence-corrected chi connectivity index (χ1v) is 6.63. The number of aromatic nitrogens is 1. The Kier molecular flexibility index (Phi) is 3.52. The predicted octanol–water partition coefficient (Wildman–Crippen LogP) is 4.64. The number of hydrogen-bond acceptors (Lipinski definition) is 2. The van der Waals surface area contributed by atoms with E-state index in [9.17, 15) is 4.39 Å². The molecule has 100 valence electrons. The predicted molar refractivity (Wildman–Crippen MR) is 80.5 cm³/mol. The van der Waals surface area contributed by atoms with Gasteiger partial charge >= 0.3 is 0 Å². The molecular weight excluding hydrogens is 275 g/mol. The van der Waals surface area contributed by atoms with Crippen molar-refractivity contribution >= 4 is 28.1 Å². The van der Waals surface area contributed by atoms with Crippen molar-refractivity contribution in [1.29, 1.82) is 0 Å². The van der Waals surface area contributed by atoms with Crippen molar-refractivity contribution in [3.05, 3.63) is 71.3 Å².